The quantitative estimate of drug-likeness (QED) is 0.831. The number of likely N-dealkylation sites (N-methyl/N-ethyl adjacent to an activating group) is 1. The lowest BCUT2D eigenvalue weighted by Crippen LogP contribution is -2.52. The Morgan fingerprint density at radius 3 is 2.58 bits per heavy atom. The Bertz CT molecular complexity index is 821. The van der Waals surface area contributed by atoms with E-state index in [1.54, 1.807) is 12.4 Å². The first-order valence-corrected chi connectivity index (χ1v) is 9.10. The van der Waals surface area contributed by atoms with Crippen LogP contribution in [-0.4, -0.2) is 56.8 Å². The van der Waals surface area contributed by atoms with E-state index in [2.05, 4.69) is 4.98 Å². The van der Waals surface area contributed by atoms with Gasteiger partial charge in [-0.25, -0.2) is 0 Å². The van der Waals surface area contributed by atoms with Crippen molar-refractivity contribution < 1.29 is 9.59 Å². The highest BCUT2D eigenvalue weighted by Gasteiger charge is 2.50. The van der Waals surface area contributed by atoms with Crippen LogP contribution in [0.15, 0.2) is 42.9 Å². The highest BCUT2D eigenvalue weighted by atomic mass is 16.2. The molecule has 0 unspecified atom stereocenters. The monoisotopic (exact) mass is 352 g/mol. The van der Waals surface area contributed by atoms with Crippen LogP contribution in [0.3, 0.4) is 0 Å². The van der Waals surface area contributed by atoms with Crippen LogP contribution in [-0.2, 0) is 11.8 Å². The molecule has 6 nitrogen and oxygen atoms in total. The van der Waals surface area contributed by atoms with Gasteiger partial charge in [0.1, 0.15) is 5.69 Å². The molecule has 136 valence electrons. The molecule has 0 aliphatic carbocycles. The molecule has 0 N–H and O–H groups in total. The summed E-state index contributed by atoms with van der Waals surface area (Å²) in [6, 6.07) is 7.61. The van der Waals surface area contributed by atoms with Gasteiger partial charge in [0.15, 0.2) is 0 Å². The third kappa shape index (κ3) is 2.60. The molecule has 26 heavy (non-hydrogen) atoms. The third-order valence-corrected chi connectivity index (χ3v) is 6.16. The van der Waals surface area contributed by atoms with Gasteiger partial charge in [-0.15, -0.1) is 0 Å². The molecular weight excluding hydrogens is 328 g/mol. The van der Waals surface area contributed by atoms with Gasteiger partial charge in [0.25, 0.3) is 5.91 Å². The van der Waals surface area contributed by atoms with E-state index >= 15 is 0 Å². The maximum Gasteiger partial charge on any atom is 0.270 e. The van der Waals surface area contributed by atoms with E-state index in [9.17, 15) is 9.59 Å². The zero-order valence-corrected chi connectivity index (χ0v) is 15.3. The summed E-state index contributed by atoms with van der Waals surface area (Å²) in [5.74, 6) is 0.118. The zero-order chi connectivity index (χ0) is 18.3. The molecule has 0 bridgehead atoms. The first kappa shape index (κ1) is 16.8. The van der Waals surface area contributed by atoms with Crippen molar-refractivity contribution in [1.29, 1.82) is 0 Å². The molecule has 6 heteroatoms. The number of piperidine rings is 1. The summed E-state index contributed by atoms with van der Waals surface area (Å²) in [5.41, 5.74) is 1.55. The van der Waals surface area contributed by atoms with Gasteiger partial charge in [-0.2, -0.15) is 0 Å². The zero-order valence-electron chi connectivity index (χ0n) is 15.3. The van der Waals surface area contributed by atoms with Gasteiger partial charge in [0, 0.05) is 51.3 Å². The second-order valence-electron chi connectivity index (χ2n) is 7.46. The number of carbonyl (C=O) groups excluding carboxylic acids is 2. The fraction of sp³-hybridized carbons (Fsp3) is 0.450. The molecule has 0 aromatic carbocycles. The van der Waals surface area contributed by atoms with Gasteiger partial charge >= 0.3 is 0 Å². The van der Waals surface area contributed by atoms with E-state index in [0.29, 0.717) is 18.8 Å². The maximum absolute atomic E-state index is 12.8. The average molecular weight is 352 g/mol. The second-order valence-corrected chi connectivity index (χ2v) is 7.46. The fourth-order valence-corrected chi connectivity index (χ4v) is 4.43. The van der Waals surface area contributed by atoms with Crippen LogP contribution in [0.1, 0.15) is 41.2 Å². The van der Waals surface area contributed by atoms with Crippen molar-refractivity contribution in [1.82, 2.24) is 19.4 Å². The number of nitrogens with zero attached hydrogens (tertiary/aromatic N) is 4. The molecule has 2 amide bonds. The van der Waals surface area contributed by atoms with E-state index in [-0.39, 0.29) is 23.3 Å². The molecule has 2 fully saturated rings. The van der Waals surface area contributed by atoms with Gasteiger partial charge in [0.2, 0.25) is 5.91 Å². The Hall–Kier alpha value is -2.63. The molecule has 1 atom stereocenters. The molecule has 2 aromatic heterocycles. The molecule has 2 aromatic rings. The van der Waals surface area contributed by atoms with Gasteiger partial charge in [-0.1, -0.05) is 6.07 Å². The lowest BCUT2D eigenvalue weighted by molar-refractivity contribution is -0.131. The van der Waals surface area contributed by atoms with Crippen molar-refractivity contribution in [3.8, 4) is 0 Å². The minimum Gasteiger partial charge on any atom is -0.347 e. The molecule has 4 rings (SSSR count). The Kier molecular flexibility index (Phi) is 4.05. The van der Waals surface area contributed by atoms with Gasteiger partial charge < -0.3 is 14.4 Å². The van der Waals surface area contributed by atoms with Gasteiger partial charge in [0.05, 0.1) is 5.92 Å². The number of amides is 2. The third-order valence-electron chi connectivity index (χ3n) is 6.16. The lowest BCUT2D eigenvalue weighted by atomic mass is 9.81. The van der Waals surface area contributed by atoms with Crippen LogP contribution in [0.4, 0.5) is 0 Å². The predicted molar refractivity (Wildman–Crippen MR) is 97.6 cm³/mol. The SMILES string of the molecule is CN1C(=O)[C@@H](c2cccnc2)CC12CCN(C(=O)c1cccn1C)CC2. The standard InChI is InChI=1S/C20H24N4O2/c1-22-10-4-6-17(22)19(26)24-11-7-20(8-12-24)13-16(18(25)23(20)2)15-5-3-9-21-14-15/h3-6,9-10,14,16H,7-8,11-13H2,1-2H3/t16-/m1/s1. The number of rotatable bonds is 2. The van der Waals surface area contributed by atoms with E-state index in [0.717, 1.165) is 24.8 Å². The second kappa shape index (κ2) is 6.27. The summed E-state index contributed by atoms with van der Waals surface area (Å²) in [5, 5.41) is 0. The topological polar surface area (TPSA) is 58.4 Å². The number of likely N-dealkylation sites (tertiary alicyclic amines) is 2. The minimum atomic E-state index is -0.150. The highest BCUT2D eigenvalue weighted by molar-refractivity contribution is 5.93. The molecular formula is C20H24N4O2. The summed E-state index contributed by atoms with van der Waals surface area (Å²) in [7, 11) is 3.80. The Labute approximate surface area is 153 Å². The normalized spacial score (nSPS) is 22.2. The number of hydrogen-bond acceptors (Lipinski definition) is 3. The molecule has 0 saturated carbocycles. The first-order valence-electron chi connectivity index (χ1n) is 9.10. The molecule has 4 heterocycles. The summed E-state index contributed by atoms with van der Waals surface area (Å²) in [4.78, 5) is 33.6. The largest absolute Gasteiger partial charge is 0.347 e. The number of aromatic nitrogens is 2. The fourth-order valence-electron chi connectivity index (χ4n) is 4.43. The predicted octanol–water partition coefficient (Wildman–Crippen LogP) is 2.04. The van der Waals surface area contributed by atoms with Crippen LogP contribution in [0, 0.1) is 0 Å². The summed E-state index contributed by atoms with van der Waals surface area (Å²) >= 11 is 0. The molecule has 0 radical (unpaired) electrons. The van der Waals surface area contributed by atoms with Crippen LogP contribution in [0.25, 0.3) is 0 Å². The number of hydrogen-bond donors (Lipinski definition) is 0. The molecule has 2 aliphatic heterocycles. The van der Waals surface area contributed by atoms with Crippen molar-refractivity contribution in [2.45, 2.75) is 30.7 Å². The maximum atomic E-state index is 12.8. The van der Waals surface area contributed by atoms with Crippen molar-refractivity contribution in [3.05, 3.63) is 54.1 Å². The van der Waals surface area contributed by atoms with Crippen molar-refractivity contribution in [3.63, 3.8) is 0 Å². The van der Waals surface area contributed by atoms with E-state index in [1.807, 2.05) is 58.9 Å². The Balaban J connectivity index is 1.49. The minimum absolute atomic E-state index is 0.0723. The van der Waals surface area contributed by atoms with Crippen LogP contribution < -0.4 is 0 Å². The highest BCUT2D eigenvalue weighted by Crippen LogP contribution is 2.44. The lowest BCUT2D eigenvalue weighted by Gasteiger charge is -2.43. The van der Waals surface area contributed by atoms with Crippen molar-refractivity contribution in [2.75, 3.05) is 20.1 Å². The number of aryl methyl sites for hydroxylation is 1. The van der Waals surface area contributed by atoms with E-state index in [4.69, 9.17) is 0 Å². The molecule has 2 saturated heterocycles. The molecule has 2 aliphatic rings. The smallest absolute Gasteiger partial charge is 0.270 e. The van der Waals surface area contributed by atoms with Crippen molar-refractivity contribution in [2.24, 2.45) is 7.05 Å². The van der Waals surface area contributed by atoms with E-state index in [1.165, 1.54) is 0 Å². The number of carbonyl (C=O) groups is 2. The summed E-state index contributed by atoms with van der Waals surface area (Å²) < 4.78 is 1.86. The Morgan fingerprint density at radius 1 is 1.19 bits per heavy atom. The van der Waals surface area contributed by atoms with Gasteiger partial charge in [-0.3, -0.25) is 14.6 Å². The average Bonchev–Trinajstić information content (AvgIpc) is 3.20. The number of pyridine rings is 1. The van der Waals surface area contributed by atoms with Crippen LogP contribution in [0.5, 0.6) is 0 Å². The summed E-state index contributed by atoms with van der Waals surface area (Å²) in [6.45, 7) is 1.36. The van der Waals surface area contributed by atoms with Crippen LogP contribution in [0.2, 0.25) is 0 Å². The van der Waals surface area contributed by atoms with Crippen LogP contribution >= 0.6 is 0 Å². The van der Waals surface area contributed by atoms with E-state index < -0.39 is 0 Å². The van der Waals surface area contributed by atoms with Gasteiger partial charge in [-0.05, 0) is 43.0 Å². The first-order chi connectivity index (χ1) is 12.5. The Morgan fingerprint density at radius 2 is 1.96 bits per heavy atom. The summed E-state index contributed by atoms with van der Waals surface area (Å²) in [6.07, 6.45) is 7.87. The van der Waals surface area contributed by atoms with Crippen molar-refractivity contribution >= 4 is 11.8 Å². The molecule has 1 spiro atoms.